The average Bonchev–Trinajstić information content (AvgIpc) is 2.98. The first-order valence-corrected chi connectivity index (χ1v) is 7.12. The normalized spacial score (nSPS) is 12.8. The minimum atomic E-state index is 0.151. The first-order chi connectivity index (χ1) is 9.15. The Bertz CT molecular complexity index is 718. The van der Waals surface area contributed by atoms with Crippen LogP contribution in [-0.2, 0) is 7.05 Å². The van der Waals surface area contributed by atoms with Gasteiger partial charge in [-0.1, -0.05) is 11.6 Å². The first-order valence-electron chi connectivity index (χ1n) is 5.93. The number of aromatic nitrogens is 3. The number of halogens is 1. The fourth-order valence-corrected chi connectivity index (χ4v) is 3.07. The highest BCUT2D eigenvalue weighted by Gasteiger charge is 2.12. The Labute approximate surface area is 120 Å². The Morgan fingerprint density at radius 1 is 1.32 bits per heavy atom. The molecular weight excluding hydrogens is 280 g/mol. The maximum atomic E-state index is 5.97. The van der Waals surface area contributed by atoms with Crippen LogP contribution in [0.15, 0.2) is 30.7 Å². The molecule has 1 N–H and O–H groups in total. The summed E-state index contributed by atoms with van der Waals surface area (Å²) in [7, 11) is 1.97. The molecule has 0 fully saturated rings. The smallest absolute Gasteiger partial charge is 0.154 e. The fourth-order valence-electron chi connectivity index (χ4n) is 2.01. The van der Waals surface area contributed by atoms with Crippen LogP contribution in [0.5, 0.6) is 0 Å². The highest BCUT2D eigenvalue weighted by Crippen LogP contribution is 2.30. The summed E-state index contributed by atoms with van der Waals surface area (Å²) in [5.74, 6) is 0.801. The number of nitrogens with one attached hydrogen (secondary N) is 1. The number of rotatable bonds is 3. The molecule has 1 unspecified atom stereocenters. The molecule has 0 aliphatic heterocycles. The minimum absolute atomic E-state index is 0.151. The van der Waals surface area contributed by atoms with E-state index in [1.807, 2.05) is 29.8 Å². The fraction of sp³-hybridized carbons (Fsp3) is 0.231. The van der Waals surface area contributed by atoms with E-state index >= 15 is 0 Å². The van der Waals surface area contributed by atoms with Crippen LogP contribution in [0.3, 0.4) is 0 Å². The SMILES string of the molecule is CC(Nc1nccc2c1ncn2C)c1ccc(Cl)s1. The van der Waals surface area contributed by atoms with Gasteiger partial charge in [0.25, 0.3) is 0 Å². The number of imidazole rings is 1. The van der Waals surface area contributed by atoms with Crippen molar-refractivity contribution in [2.45, 2.75) is 13.0 Å². The molecule has 19 heavy (non-hydrogen) atoms. The molecule has 0 amide bonds. The van der Waals surface area contributed by atoms with Gasteiger partial charge in [-0.2, -0.15) is 0 Å². The van der Waals surface area contributed by atoms with E-state index in [0.29, 0.717) is 0 Å². The summed E-state index contributed by atoms with van der Waals surface area (Å²) >= 11 is 7.54. The molecule has 4 nitrogen and oxygen atoms in total. The maximum Gasteiger partial charge on any atom is 0.154 e. The van der Waals surface area contributed by atoms with E-state index in [2.05, 4.69) is 22.2 Å². The van der Waals surface area contributed by atoms with E-state index in [1.54, 1.807) is 23.9 Å². The van der Waals surface area contributed by atoms with Crippen molar-refractivity contribution >= 4 is 39.8 Å². The monoisotopic (exact) mass is 292 g/mol. The maximum absolute atomic E-state index is 5.97. The number of aryl methyl sites for hydroxylation is 1. The molecule has 0 bridgehead atoms. The lowest BCUT2D eigenvalue weighted by Crippen LogP contribution is -2.06. The standard InChI is InChI=1S/C13H13ClN4S/c1-8(10-3-4-11(14)19-10)17-13-12-9(5-6-15-13)18(2)7-16-12/h3-8H,1-2H3,(H,15,17). The topological polar surface area (TPSA) is 42.7 Å². The van der Waals surface area contributed by atoms with Crippen molar-refractivity contribution in [1.82, 2.24) is 14.5 Å². The van der Waals surface area contributed by atoms with Gasteiger partial charge in [-0.05, 0) is 25.1 Å². The molecule has 3 aromatic rings. The average molecular weight is 293 g/mol. The number of fused-ring (bicyclic) bond motifs is 1. The van der Waals surface area contributed by atoms with Crippen LogP contribution in [0.25, 0.3) is 11.0 Å². The molecule has 3 heterocycles. The second-order valence-corrected chi connectivity index (χ2v) is 6.14. The number of anilines is 1. The second-order valence-electron chi connectivity index (χ2n) is 4.39. The van der Waals surface area contributed by atoms with Crippen molar-refractivity contribution in [1.29, 1.82) is 0 Å². The Hall–Kier alpha value is -1.59. The molecule has 1 atom stereocenters. The van der Waals surface area contributed by atoms with Gasteiger partial charge in [-0.15, -0.1) is 11.3 Å². The zero-order valence-electron chi connectivity index (χ0n) is 10.6. The second kappa shape index (κ2) is 4.83. The van der Waals surface area contributed by atoms with Gasteiger partial charge in [0.1, 0.15) is 5.52 Å². The lowest BCUT2D eigenvalue weighted by atomic mass is 10.2. The zero-order chi connectivity index (χ0) is 13.4. The molecule has 6 heteroatoms. The molecule has 0 aromatic carbocycles. The van der Waals surface area contributed by atoms with Crippen LogP contribution in [-0.4, -0.2) is 14.5 Å². The molecule has 98 valence electrons. The van der Waals surface area contributed by atoms with E-state index in [4.69, 9.17) is 11.6 Å². The number of hydrogen-bond acceptors (Lipinski definition) is 4. The summed E-state index contributed by atoms with van der Waals surface area (Å²) in [6.45, 7) is 2.09. The summed E-state index contributed by atoms with van der Waals surface area (Å²) in [5, 5.41) is 3.39. The Balaban J connectivity index is 1.93. The van der Waals surface area contributed by atoms with Gasteiger partial charge < -0.3 is 9.88 Å². The summed E-state index contributed by atoms with van der Waals surface area (Å²) in [6, 6.07) is 6.05. The number of thiophene rings is 1. The summed E-state index contributed by atoms with van der Waals surface area (Å²) < 4.78 is 2.78. The summed E-state index contributed by atoms with van der Waals surface area (Å²) in [4.78, 5) is 9.94. The zero-order valence-corrected chi connectivity index (χ0v) is 12.2. The minimum Gasteiger partial charge on any atom is -0.361 e. The van der Waals surface area contributed by atoms with Crippen LogP contribution >= 0.6 is 22.9 Å². The largest absolute Gasteiger partial charge is 0.361 e. The van der Waals surface area contributed by atoms with Crippen molar-refractivity contribution in [2.75, 3.05) is 5.32 Å². The van der Waals surface area contributed by atoms with Gasteiger partial charge in [-0.25, -0.2) is 9.97 Å². The van der Waals surface area contributed by atoms with Crippen molar-refractivity contribution in [3.8, 4) is 0 Å². The van der Waals surface area contributed by atoms with Crippen LogP contribution in [0.4, 0.5) is 5.82 Å². The highest BCUT2D eigenvalue weighted by atomic mass is 35.5. The quantitative estimate of drug-likeness (QED) is 0.797. The molecule has 0 radical (unpaired) electrons. The Kier molecular flexibility index (Phi) is 3.16. The predicted molar refractivity (Wildman–Crippen MR) is 79.9 cm³/mol. The predicted octanol–water partition coefficient (Wildman–Crippen LogP) is 3.86. The van der Waals surface area contributed by atoms with Crippen molar-refractivity contribution < 1.29 is 0 Å². The van der Waals surface area contributed by atoms with Gasteiger partial charge in [0.05, 0.1) is 22.2 Å². The lowest BCUT2D eigenvalue weighted by molar-refractivity contribution is 0.899. The Morgan fingerprint density at radius 3 is 2.89 bits per heavy atom. The van der Waals surface area contributed by atoms with Crippen LogP contribution < -0.4 is 5.32 Å². The van der Waals surface area contributed by atoms with E-state index in [9.17, 15) is 0 Å². The number of nitrogens with zero attached hydrogens (tertiary/aromatic N) is 3. The van der Waals surface area contributed by atoms with Gasteiger partial charge >= 0.3 is 0 Å². The van der Waals surface area contributed by atoms with Crippen molar-refractivity contribution in [3.63, 3.8) is 0 Å². The molecule has 0 saturated carbocycles. The molecular formula is C13H13ClN4S. The number of pyridine rings is 1. The molecule has 0 aliphatic rings. The Morgan fingerprint density at radius 2 is 2.16 bits per heavy atom. The third-order valence-corrected chi connectivity index (χ3v) is 4.43. The van der Waals surface area contributed by atoms with E-state index in [0.717, 1.165) is 21.2 Å². The van der Waals surface area contributed by atoms with E-state index < -0.39 is 0 Å². The van der Waals surface area contributed by atoms with Gasteiger partial charge in [0.2, 0.25) is 0 Å². The highest BCUT2D eigenvalue weighted by molar-refractivity contribution is 7.16. The van der Waals surface area contributed by atoms with Gasteiger partial charge in [-0.3, -0.25) is 0 Å². The van der Waals surface area contributed by atoms with Crippen molar-refractivity contribution in [2.24, 2.45) is 7.05 Å². The molecule has 0 aliphatic carbocycles. The molecule has 3 rings (SSSR count). The summed E-state index contributed by atoms with van der Waals surface area (Å²) in [6.07, 6.45) is 3.59. The van der Waals surface area contributed by atoms with Gasteiger partial charge in [0.15, 0.2) is 5.82 Å². The third kappa shape index (κ3) is 2.31. The van der Waals surface area contributed by atoms with Crippen molar-refractivity contribution in [3.05, 3.63) is 39.9 Å². The van der Waals surface area contributed by atoms with E-state index in [-0.39, 0.29) is 6.04 Å². The lowest BCUT2D eigenvalue weighted by Gasteiger charge is -2.13. The third-order valence-electron chi connectivity index (χ3n) is 3.02. The summed E-state index contributed by atoms with van der Waals surface area (Å²) in [5.41, 5.74) is 1.95. The first kappa shape index (κ1) is 12.4. The van der Waals surface area contributed by atoms with Crippen LogP contribution in [0.2, 0.25) is 4.34 Å². The van der Waals surface area contributed by atoms with E-state index in [1.165, 1.54) is 4.88 Å². The van der Waals surface area contributed by atoms with Gasteiger partial charge in [0, 0.05) is 18.1 Å². The molecule has 0 saturated heterocycles. The van der Waals surface area contributed by atoms with Crippen LogP contribution in [0, 0.1) is 0 Å². The number of hydrogen-bond donors (Lipinski definition) is 1. The van der Waals surface area contributed by atoms with Crippen LogP contribution in [0.1, 0.15) is 17.8 Å². The molecule has 0 spiro atoms. The molecule has 3 aromatic heterocycles.